The number of aromatic nitrogens is 3. The Hall–Kier alpha value is -2.42. The van der Waals surface area contributed by atoms with Crippen molar-refractivity contribution in [2.75, 3.05) is 10.7 Å². The van der Waals surface area contributed by atoms with Gasteiger partial charge in [0.15, 0.2) is 5.69 Å². The Morgan fingerprint density at radius 1 is 1.15 bits per heavy atom. The zero-order chi connectivity index (χ0) is 14.6. The van der Waals surface area contributed by atoms with Crippen LogP contribution >= 0.6 is 0 Å². The highest BCUT2D eigenvalue weighted by Gasteiger charge is 2.33. The second-order valence-corrected chi connectivity index (χ2v) is 3.81. The van der Waals surface area contributed by atoms with E-state index in [1.807, 2.05) is 5.43 Å². The standard InChI is InChI=1S/C11H11F3N6/c12-11(13,14)8-5-9(19-10(18-8)20-15)17-6-7-1-3-16-4-2-7/h1-5H,6,15H2,(H2,17,18,19,20). The van der Waals surface area contributed by atoms with Crippen molar-refractivity contribution < 1.29 is 13.2 Å². The van der Waals surface area contributed by atoms with Crippen molar-refractivity contribution in [3.05, 3.63) is 41.9 Å². The first-order chi connectivity index (χ1) is 9.49. The third-order valence-corrected chi connectivity index (χ3v) is 2.37. The number of hydrazine groups is 1. The highest BCUT2D eigenvalue weighted by atomic mass is 19.4. The molecule has 0 saturated heterocycles. The van der Waals surface area contributed by atoms with Crippen LogP contribution in [-0.4, -0.2) is 15.0 Å². The fraction of sp³-hybridized carbons (Fsp3) is 0.182. The molecule has 0 aliphatic heterocycles. The molecule has 0 amide bonds. The highest BCUT2D eigenvalue weighted by Crippen LogP contribution is 2.29. The van der Waals surface area contributed by atoms with Gasteiger partial charge in [0, 0.05) is 25.0 Å². The van der Waals surface area contributed by atoms with Crippen LogP contribution in [-0.2, 0) is 12.7 Å². The van der Waals surface area contributed by atoms with Crippen molar-refractivity contribution in [3.8, 4) is 0 Å². The van der Waals surface area contributed by atoms with Gasteiger partial charge in [-0.25, -0.2) is 10.8 Å². The van der Waals surface area contributed by atoms with Crippen LogP contribution in [0.2, 0.25) is 0 Å². The van der Waals surface area contributed by atoms with E-state index in [4.69, 9.17) is 5.84 Å². The Kier molecular flexibility index (Phi) is 3.99. The fourth-order valence-electron chi connectivity index (χ4n) is 1.44. The van der Waals surface area contributed by atoms with E-state index in [2.05, 4.69) is 20.3 Å². The third-order valence-electron chi connectivity index (χ3n) is 2.37. The van der Waals surface area contributed by atoms with Crippen LogP contribution in [0.4, 0.5) is 24.9 Å². The summed E-state index contributed by atoms with van der Waals surface area (Å²) < 4.78 is 38.0. The first kappa shape index (κ1) is 14.0. The van der Waals surface area contributed by atoms with E-state index in [-0.39, 0.29) is 11.8 Å². The molecule has 2 aromatic rings. The number of nitrogen functional groups attached to an aromatic ring is 1. The van der Waals surface area contributed by atoms with Gasteiger partial charge < -0.3 is 5.32 Å². The van der Waals surface area contributed by atoms with E-state index in [1.165, 1.54) is 0 Å². The van der Waals surface area contributed by atoms with Gasteiger partial charge in [-0.05, 0) is 17.7 Å². The molecule has 4 N–H and O–H groups in total. The van der Waals surface area contributed by atoms with Gasteiger partial charge in [0.05, 0.1) is 0 Å². The van der Waals surface area contributed by atoms with E-state index in [0.29, 0.717) is 6.54 Å². The maximum absolute atomic E-state index is 12.7. The van der Waals surface area contributed by atoms with Crippen LogP contribution in [0.3, 0.4) is 0 Å². The summed E-state index contributed by atoms with van der Waals surface area (Å²) in [5.41, 5.74) is 1.79. The largest absolute Gasteiger partial charge is 0.433 e. The van der Waals surface area contributed by atoms with Crippen LogP contribution in [0.1, 0.15) is 11.3 Å². The summed E-state index contributed by atoms with van der Waals surface area (Å²) in [7, 11) is 0. The number of rotatable bonds is 4. The number of hydrogen-bond donors (Lipinski definition) is 3. The average molecular weight is 284 g/mol. The van der Waals surface area contributed by atoms with Gasteiger partial charge >= 0.3 is 6.18 Å². The molecule has 0 aliphatic carbocycles. The molecule has 2 heterocycles. The molecule has 0 saturated carbocycles. The number of anilines is 2. The van der Waals surface area contributed by atoms with Crippen LogP contribution in [0.15, 0.2) is 30.6 Å². The first-order valence-corrected chi connectivity index (χ1v) is 5.54. The van der Waals surface area contributed by atoms with Crippen molar-refractivity contribution in [2.24, 2.45) is 5.84 Å². The summed E-state index contributed by atoms with van der Waals surface area (Å²) in [6.07, 6.45) is -1.39. The monoisotopic (exact) mass is 284 g/mol. The number of hydrogen-bond acceptors (Lipinski definition) is 6. The summed E-state index contributed by atoms with van der Waals surface area (Å²) >= 11 is 0. The predicted octanol–water partition coefficient (Wildman–Crippen LogP) is 1.79. The molecule has 2 rings (SSSR count). The number of nitrogens with two attached hydrogens (primary N) is 1. The van der Waals surface area contributed by atoms with Gasteiger partial charge in [0.25, 0.3) is 0 Å². The molecule has 0 radical (unpaired) electrons. The summed E-state index contributed by atoms with van der Waals surface area (Å²) in [4.78, 5) is 10.9. The second-order valence-electron chi connectivity index (χ2n) is 3.81. The summed E-state index contributed by atoms with van der Waals surface area (Å²) in [6.45, 7) is 0.306. The summed E-state index contributed by atoms with van der Waals surface area (Å²) in [6, 6.07) is 4.30. The van der Waals surface area contributed by atoms with Crippen molar-refractivity contribution >= 4 is 11.8 Å². The van der Waals surface area contributed by atoms with Crippen LogP contribution < -0.4 is 16.6 Å². The Morgan fingerprint density at radius 2 is 1.85 bits per heavy atom. The van der Waals surface area contributed by atoms with Crippen LogP contribution in [0.5, 0.6) is 0 Å². The molecule has 0 atom stereocenters. The van der Waals surface area contributed by atoms with Gasteiger partial charge in [-0.2, -0.15) is 18.2 Å². The van der Waals surface area contributed by atoms with E-state index >= 15 is 0 Å². The molecule has 0 spiro atoms. The van der Waals surface area contributed by atoms with Gasteiger partial charge in [-0.1, -0.05) is 0 Å². The maximum atomic E-state index is 12.7. The lowest BCUT2D eigenvalue weighted by Gasteiger charge is -2.11. The SMILES string of the molecule is NNc1nc(NCc2ccncc2)cc(C(F)(F)F)n1. The van der Waals surface area contributed by atoms with Crippen molar-refractivity contribution in [3.63, 3.8) is 0 Å². The molecule has 0 aliphatic rings. The smallest absolute Gasteiger partial charge is 0.366 e. The van der Waals surface area contributed by atoms with Gasteiger partial charge in [-0.3, -0.25) is 10.4 Å². The number of alkyl halides is 3. The third kappa shape index (κ3) is 3.54. The lowest BCUT2D eigenvalue weighted by atomic mass is 10.2. The molecular formula is C11H11F3N6. The molecule has 20 heavy (non-hydrogen) atoms. The molecule has 0 fully saturated rings. The molecular weight excluding hydrogens is 273 g/mol. The van der Waals surface area contributed by atoms with E-state index in [0.717, 1.165) is 11.6 Å². The van der Waals surface area contributed by atoms with Crippen molar-refractivity contribution in [1.29, 1.82) is 0 Å². The molecule has 0 bridgehead atoms. The second kappa shape index (κ2) is 5.70. The molecule has 0 unspecified atom stereocenters. The van der Waals surface area contributed by atoms with Gasteiger partial charge in [0.2, 0.25) is 5.95 Å². The summed E-state index contributed by atoms with van der Waals surface area (Å²) in [5.74, 6) is 4.78. The molecule has 2 aromatic heterocycles. The highest BCUT2D eigenvalue weighted by molar-refractivity contribution is 5.43. The number of pyridine rings is 1. The zero-order valence-corrected chi connectivity index (χ0v) is 10.1. The molecule has 9 heteroatoms. The molecule has 0 aromatic carbocycles. The Balaban J connectivity index is 2.19. The number of halogens is 3. The van der Waals surface area contributed by atoms with Crippen LogP contribution in [0, 0.1) is 0 Å². The molecule has 6 nitrogen and oxygen atoms in total. The Bertz CT molecular complexity index is 572. The van der Waals surface area contributed by atoms with Gasteiger partial charge in [-0.15, -0.1) is 0 Å². The topological polar surface area (TPSA) is 88.8 Å². The summed E-state index contributed by atoms with van der Waals surface area (Å²) in [5, 5.41) is 2.77. The normalized spacial score (nSPS) is 11.2. The minimum absolute atomic E-state index is 0.0251. The molecule has 106 valence electrons. The average Bonchev–Trinajstić information content (AvgIpc) is 2.45. The zero-order valence-electron chi connectivity index (χ0n) is 10.1. The van der Waals surface area contributed by atoms with Gasteiger partial charge in [0.1, 0.15) is 5.82 Å². The van der Waals surface area contributed by atoms with Crippen molar-refractivity contribution in [1.82, 2.24) is 15.0 Å². The minimum atomic E-state index is -4.57. The van der Waals surface area contributed by atoms with Crippen molar-refractivity contribution in [2.45, 2.75) is 12.7 Å². The Morgan fingerprint density at radius 3 is 2.45 bits per heavy atom. The lowest BCUT2D eigenvalue weighted by molar-refractivity contribution is -0.141. The minimum Gasteiger partial charge on any atom is -0.366 e. The van der Waals surface area contributed by atoms with E-state index < -0.39 is 11.9 Å². The van der Waals surface area contributed by atoms with Crippen LogP contribution in [0.25, 0.3) is 0 Å². The predicted molar refractivity (Wildman–Crippen MR) is 66.4 cm³/mol. The Labute approximate surface area is 112 Å². The fourth-order valence-corrected chi connectivity index (χ4v) is 1.44. The quantitative estimate of drug-likeness (QED) is 0.586. The number of nitrogens with zero attached hydrogens (tertiary/aromatic N) is 3. The van der Waals surface area contributed by atoms with E-state index in [1.54, 1.807) is 24.5 Å². The van der Waals surface area contributed by atoms with E-state index in [9.17, 15) is 13.2 Å². The lowest BCUT2D eigenvalue weighted by Crippen LogP contribution is -2.16. The maximum Gasteiger partial charge on any atom is 0.433 e. The number of nitrogens with one attached hydrogen (secondary N) is 2. The first-order valence-electron chi connectivity index (χ1n) is 5.54.